The van der Waals surface area contributed by atoms with Crippen molar-refractivity contribution in [2.45, 2.75) is 31.3 Å². The number of nitrogens with two attached hydrogens (primary N) is 1. The second kappa shape index (κ2) is 7.84. The minimum atomic E-state index is -4.21. The van der Waals surface area contributed by atoms with E-state index in [4.69, 9.17) is 20.1 Å². The van der Waals surface area contributed by atoms with Crippen molar-refractivity contribution in [2.24, 2.45) is 0 Å². The average molecular weight is 402 g/mol. The van der Waals surface area contributed by atoms with Crippen molar-refractivity contribution >= 4 is 30.7 Å². The molecule has 1 aliphatic heterocycles. The number of carbonyl (C=O) groups is 1. The van der Waals surface area contributed by atoms with Crippen molar-refractivity contribution < 1.29 is 33.7 Å². The molecule has 148 valence electrons. The van der Waals surface area contributed by atoms with Crippen LogP contribution in [-0.4, -0.2) is 66.0 Å². The molecule has 1 aliphatic rings. The van der Waals surface area contributed by atoms with Gasteiger partial charge in [0.05, 0.1) is 25.5 Å². The molecule has 3 heterocycles. The maximum Gasteiger partial charge on any atom is 0.403 e. The lowest BCUT2D eigenvalue weighted by Crippen LogP contribution is -2.27. The maximum atomic E-state index is 11.8. The number of imidazole rings is 1. The standard InChI is InChI=1S/C13H19N6O7P/c14-12-11-13(16-5-15-12)19(6-17-11)9-3-7(20)8(26-9)4-25-27(23,24)18-2-1-10(21)22/h5-9,20H,1-4H2,(H,21,22)(H2,14,15,16)(H2,18,23,24)/t7-,8+,9+/m0/s1. The van der Waals surface area contributed by atoms with Crippen molar-refractivity contribution in [2.75, 3.05) is 18.9 Å². The first-order chi connectivity index (χ1) is 12.8. The normalized spacial score (nSPS) is 24.9. The van der Waals surface area contributed by atoms with Gasteiger partial charge in [-0.2, -0.15) is 0 Å². The van der Waals surface area contributed by atoms with E-state index < -0.39 is 32.2 Å². The third kappa shape index (κ3) is 4.58. The summed E-state index contributed by atoms with van der Waals surface area (Å²) in [6, 6.07) is 0. The Morgan fingerprint density at radius 3 is 3.00 bits per heavy atom. The van der Waals surface area contributed by atoms with Crippen LogP contribution < -0.4 is 10.8 Å². The summed E-state index contributed by atoms with van der Waals surface area (Å²) < 4.78 is 24.0. The Kier molecular flexibility index (Phi) is 5.69. The van der Waals surface area contributed by atoms with Gasteiger partial charge in [0.2, 0.25) is 0 Å². The molecule has 6 N–H and O–H groups in total. The largest absolute Gasteiger partial charge is 0.481 e. The smallest absolute Gasteiger partial charge is 0.403 e. The number of nitrogens with one attached hydrogen (secondary N) is 1. The minimum absolute atomic E-state index is 0.186. The number of hydrogen-bond acceptors (Lipinski definition) is 9. The fourth-order valence-corrected chi connectivity index (χ4v) is 3.48. The van der Waals surface area contributed by atoms with Crippen LogP contribution in [0.15, 0.2) is 12.7 Å². The Morgan fingerprint density at radius 1 is 1.48 bits per heavy atom. The van der Waals surface area contributed by atoms with Crippen LogP contribution in [0.1, 0.15) is 19.1 Å². The number of ether oxygens (including phenoxy) is 1. The highest BCUT2D eigenvalue weighted by Crippen LogP contribution is 2.39. The van der Waals surface area contributed by atoms with Gasteiger partial charge in [-0.25, -0.2) is 24.6 Å². The minimum Gasteiger partial charge on any atom is -0.481 e. The average Bonchev–Trinajstić information content (AvgIpc) is 3.17. The lowest BCUT2D eigenvalue weighted by atomic mass is 10.2. The number of carboxylic acid groups (broad SMARTS) is 1. The van der Waals surface area contributed by atoms with Crippen LogP contribution in [0.5, 0.6) is 0 Å². The third-order valence-corrected chi connectivity index (χ3v) is 5.09. The van der Waals surface area contributed by atoms with Crippen molar-refractivity contribution in [1.29, 1.82) is 0 Å². The zero-order chi connectivity index (χ0) is 19.6. The highest BCUT2D eigenvalue weighted by Gasteiger charge is 2.37. The molecule has 2 aromatic rings. The number of hydrogen-bond donors (Lipinski definition) is 5. The number of nitrogen functional groups attached to an aromatic ring is 1. The quantitative estimate of drug-likeness (QED) is 0.347. The van der Waals surface area contributed by atoms with Gasteiger partial charge in [0, 0.05) is 13.0 Å². The SMILES string of the molecule is Nc1ncnc2c1ncn2[C@H]1C[C@H](O)[C@@H](COP(=O)(O)NCCC(=O)O)O1. The lowest BCUT2D eigenvalue weighted by Gasteiger charge is -2.18. The van der Waals surface area contributed by atoms with Crippen LogP contribution in [0.2, 0.25) is 0 Å². The first-order valence-corrected chi connectivity index (χ1v) is 9.55. The van der Waals surface area contributed by atoms with Gasteiger partial charge in [-0.05, 0) is 0 Å². The predicted molar refractivity (Wildman–Crippen MR) is 90.3 cm³/mol. The van der Waals surface area contributed by atoms with Crippen LogP contribution in [-0.2, 0) is 18.6 Å². The molecule has 27 heavy (non-hydrogen) atoms. The highest BCUT2D eigenvalue weighted by molar-refractivity contribution is 7.50. The van der Waals surface area contributed by atoms with Crippen molar-refractivity contribution in [3.05, 3.63) is 12.7 Å². The Morgan fingerprint density at radius 2 is 2.26 bits per heavy atom. The molecule has 3 rings (SSSR count). The molecule has 1 unspecified atom stereocenters. The topological polar surface area (TPSA) is 195 Å². The molecule has 13 nitrogen and oxygen atoms in total. The van der Waals surface area contributed by atoms with Gasteiger partial charge in [0.1, 0.15) is 24.2 Å². The van der Waals surface area contributed by atoms with Crippen molar-refractivity contribution in [3.63, 3.8) is 0 Å². The molecule has 1 saturated heterocycles. The van der Waals surface area contributed by atoms with E-state index in [0.717, 1.165) is 0 Å². The fraction of sp³-hybridized carbons (Fsp3) is 0.538. The molecule has 0 amide bonds. The summed E-state index contributed by atoms with van der Waals surface area (Å²) >= 11 is 0. The number of nitrogens with zero attached hydrogens (tertiary/aromatic N) is 4. The van der Waals surface area contributed by atoms with E-state index in [1.165, 1.54) is 12.7 Å². The first kappa shape index (κ1) is 19.6. The number of rotatable bonds is 8. The van der Waals surface area contributed by atoms with Crippen molar-refractivity contribution in [1.82, 2.24) is 24.6 Å². The van der Waals surface area contributed by atoms with E-state index in [-0.39, 0.29) is 31.8 Å². The van der Waals surface area contributed by atoms with E-state index in [0.29, 0.717) is 11.2 Å². The van der Waals surface area contributed by atoms with Gasteiger partial charge >= 0.3 is 13.7 Å². The second-order valence-corrected chi connectivity index (χ2v) is 7.50. The van der Waals surface area contributed by atoms with Gasteiger partial charge in [-0.3, -0.25) is 13.9 Å². The summed E-state index contributed by atoms with van der Waals surface area (Å²) in [7, 11) is -4.21. The summed E-state index contributed by atoms with van der Waals surface area (Å²) in [6.07, 6.45) is 0.154. The van der Waals surface area contributed by atoms with Gasteiger partial charge in [0.25, 0.3) is 0 Å². The Hall–Kier alpha value is -2.15. The number of aromatic nitrogens is 4. The highest BCUT2D eigenvalue weighted by atomic mass is 31.2. The summed E-state index contributed by atoms with van der Waals surface area (Å²) in [5, 5.41) is 20.8. The van der Waals surface area contributed by atoms with Gasteiger partial charge in [-0.1, -0.05) is 0 Å². The van der Waals surface area contributed by atoms with E-state index in [1.54, 1.807) is 4.57 Å². The van der Waals surface area contributed by atoms with Crippen LogP contribution in [0, 0.1) is 0 Å². The van der Waals surface area contributed by atoms with E-state index in [2.05, 4.69) is 20.0 Å². The molecule has 14 heteroatoms. The summed E-state index contributed by atoms with van der Waals surface area (Å²) in [6.45, 7) is -0.600. The lowest BCUT2D eigenvalue weighted by molar-refractivity contribution is -0.136. The summed E-state index contributed by atoms with van der Waals surface area (Å²) in [5.41, 5.74) is 6.57. The first-order valence-electron chi connectivity index (χ1n) is 7.97. The molecule has 0 spiro atoms. The Bertz CT molecular complexity index is 876. The number of aliphatic carboxylic acids is 1. The molecule has 0 aliphatic carbocycles. The molecule has 0 bridgehead atoms. The van der Waals surface area contributed by atoms with Crippen molar-refractivity contribution in [3.8, 4) is 0 Å². The van der Waals surface area contributed by atoms with Crippen LogP contribution in [0.3, 0.4) is 0 Å². The van der Waals surface area contributed by atoms with Gasteiger partial charge < -0.3 is 25.6 Å². The molecule has 4 atom stereocenters. The maximum absolute atomic E-state index is 11.8. The van der Waals surface area contributed by atoms with Crippen LogP contribution in [0.25, 0.3) is 11.2 Å². The molecular formula is C13H19N6O7P. The number of aliphatic hydroxyl groups is 1. The molecule has 0 radical (unpaired) electrons. The molecule has 0 saturated carbocycles. The monoisotopic (exact) mass is 402 g/mol. The van der Waals surface area contributed by atoms with Crippen LogP contribution >= 0.6 is 7.75 Å². The second-order valence-electron chi connectivity index (χ2n) is 5.88. The van der Waals surface area contributed by atoms with E-state index in [1.807, 2.05) is 0 Å². The number of fused-ring (bicyclic) bond motifs is 1. The molecule has 1 fully saturated rings. The Balaban J connectivity index is 1.60. The van der Waals surface area contributed by atoms with E-state index in [9.17, 15) is 19.4 Å². The zero-order valence-corrected chi connectivity index (χ0v) is 14.9. The predicted octanol–water partition coefficient (Wildman–Crippen LogP) is -0.762. The van der Waals surface area contributed by atoms with Gasteiger partial charge in [0.15, 0.2) is 11.5 Å². The Labute approximate surface area is 152 Å². The molecular weight excluding hydrogens is 383 g/mol. The van der Waals surface area contributed by atoms with Gasteiger partial charge in [-0.15, -0.1) is 0 Å². The zero-order valence-electron chi connectivity index (χ0n) is 14.0. The van der Waals surface area contributed by atoms with E-state index >= 15 is 0 Å². The number of aliphatic hydroxyl groups excluding tert-OH is 1. The third-order valence-electron chi connectivity index (χ3n) is 3.97. The van der Waals surface area contributed by atoms with Crippen LogP contribution in [0.4, 0.5) is 5.82 Å². The summed E-state index contributed by atoms with van der Waals surface area (Å²) in [4.78, 5) is 32.1. The number of anilines is 1. The number of carboxylic acids is 1. The molecule has 0 aromatic carbocycles. The fourth-order valence-electron chi connectivity index (χ4n) is 2.64. The molecule has 2 aromatic heterocycles. The summed E-state index contributed by atoms with van der Waals surface area (Å²) in [5.74, 6) is -0.900.